The van der Waals surface area contributed by atoms with E-state index < -0.39 is 58.0 Å². The molecule has 1 amide bonds. The highest BCUT2D eigenvalue weighted by molar-refractivity contribution is 6.24. The third-order valence-corrected chi connectivity index (χ3v) is 7.96. The van der Waals surface area contributed by atoms with E-state index in [1.54, 1.807) is 20.2 Å². The first-order valence-electron chi connectivity index (χ1n) is 12.5. The number of hydrogen-bond donors (Lipinski definition) is 5. The van der Waals surface area contributed by atoms with Crippen molar-refractivity contribution in [3.05, 3.63) is 87.4 Å². The molecule has 6 N–H and O–H groups in total. The highest BCUT2D eigenvalue weighted by atomic mass is 16.3. The van der Waals surface area contributed by atoms with E-state index in [-0.39, 0.29) is 29.7 Å². The fraction of sp³-hybridized carbons (Fsp3) is 0.300. The van der Waals surface area contributed by atoms with Crippen molar-refractivity contribution < 1.29 is 34.8 Å². The van der Waals surface area contributed by atoms with Gasteiger partial charge in [-0.15, -0.1) is 0 Å². The summed E-state index contributed by atoms with van der Waals surface area (Å²) in [7, 11) is 3.18. The first-order valence-corrected chi connectivity index (χ1v) is 12.5. The summed E-state index contributed by atoms with van der Waals surface area (Å²) >= 11 is 0. The summed E-state index contributed by atoms with van der Waals surface area (Å²) < 4.78 is 0. The standard InChI is InChI=1S/C30H28N2O7/c1-32(2)24-19-14-17-13-18-16(10-6-9-15-7-4-3-5-8-15)11-12-20(33)22(18)25(34)21(17)27(36)30(19,39)28(37)23(26(24)35)29(31)38/h3-5,7-8,11-12,17,19,24,33,35-36,39H,9,13-14H2,1-2H3,(H2,31,38)/t17-,19-,24-,30-/m0/s1. The molecule has 4 atom stereocenters. The molecule has 0 saturated carbocycles. The highest BCUT2D eigenvalue weighted by Crippen LogP contribution is 2.52. The van der Waals surface area contributed by atoms with Crippen LogP contribution in [0.15, 0.2) is 65.1 Å². The van der Waals surface area contributed by atoms with E-state index >= 15 is 0 Å². The van der Waals surface area contributed by atoms with Crippen molar-refractivity contribution >= 4 is 17.5 Å². The van der Waals surface area contributed by atoms with Crippen LogP contribution in [0.25, 0.3) is 0 Å². The number of benzene rings is 2. The van der Waals surface area contributed by atoms with Gasteiger partial charge in [0.05, 0.1) is 11.6 Å². The van der Waals surface area contributed by atoms with Gasteiger partial charge >= 0.3 is 0 Å². The number of nitrogens with two attached hydrogens (primary N) is 1. The number of phenols is 1. The van der Waals surface area contributed by atoms with E-state index in [4.69, 9.17) is 5.73 Å². The van der Waals surface area contributed by atoms with Crippen LogP contribution in [0.4, 0.5) is 0 Å². The van der Waals surface area contributed by atoms with Crippen LogP contribution in [0, 0.1) is 23.7 Å². The van der Waals surface area contributed by atoms with Crippen molar-refractivity contribution in [2.75, 3.05) is 14.1 Å². The number of phenolic OH excluding ortho intramolecular Hbond substituents is 1. The molecule has 0 spiro atoms. The molecule has 0 radical (unpaired) electrons. The van der Waals surface area contributed by atoms with Gasteiger partial charge in [0, 0.05) is 23.5 Å². The van der Waals surface area contributed by atoms with E-state index in [1.807, 2.05) is 30.3 Å². The zero-order valence-corrected chi connectivity index (χ0v) is 21.4. The number of amides is 1. The Bertz CT molecular complexity index is 1540. The number of aliphatic hydroxyl groups excluding tert-OH is 2. The van der Waals surface area contributed by atoms with Gasteiger partial charge in [-0.25, -0.2) is 0 Å². The molecular weight excluding hydrogens is 500 g/mol. The topological polar surface area (TPSA) is 161 Å². The van der Waals surface area contributed by atoms with E-state index in [2.05, 4.69) is 11.8 Å². The van der Waals surface area contributed by atoms with Crippen molar-refractivity contribution in [1.29, 1.82) is 0 Å². The summed E-state index contributed by atoms with van der Waals surface area (Å²) in [5.74, 6) is -0.571. The smallest absolute Gasteiger partial charge is 0.255 e. The second-order valence-electron chi connectivity index (χ2n) is 10.4. The molecule has 5 rings (SSSR count). The molecule has 3 aliphatic rings. The van der Waals surface area contributed by atoms with Crippen LogP contribution in [0.1, 0.15) is 33.5 Å². The predicted molar refractivity (Wildman–Crippen MR) is 141 cm³/mol. The Kier molecular flexibility index (Phi) is 6.33. The second kappa shape index (κ2) is 9.42. The number of rotatable bonds is 3. The quantitative estimate of drug-likeness (QED) is 0.297. The Morgan fingerprint density at radius 3 is 2.44 bits per heavy atom. The third kappa shape index (κ3) is 3.92. The van der Waals surface area contributed by atoms with Gasteiger partial charge in [-0.3, -0.25) is 19.3 Å². The average Bonchev–Trinajstić information content (AvgIpc) is 2.87. The molecule has 0 heterocycles. The molecule has 3 aliphatic carbocycles. The van der Waals surface area contributed by atoms with Gasteiger partial charge in [0.15, 0.2) is 11.4 Å². The SMILES string of the molecule is CN(C)[C@@H]1C(O)=C(C(N)=O)C(=O)[C@@]2(O)C(O)=C3C(=O)c4c(O)ccc(C#CCc5ccccc5)c4C[C@H]3C[C@@H]12. The predicted octanol–water partition coefficient (Wildman–Crippen LogP) is 1.71. The molecule has 0 unspecified atom stereocenters. The Morgan fingerprint density at radius 1 is 1.10 bits per heavy atom. The number of carbonyl (C=O) groups excluding carboxylic acids is 3. The molecule has 200 valence electrons. The number of aromatic hydroxyl groups is 1. The fourth-order valence-corrected chi connectivity index (χ4v) is 6.21. The van der Waals surface area contributed by atoms with Crippen LogP contribution in [-0.2, 0) is 22.4 Å². The number of hydrogen-bond acceptors (Lipinski definition) is 8. The number of allylic oxidation sites excluding steroid dienone is 1. The van der Waals surface area contributed by atoms with Crippen molar-refractivity contribution in [2.45, 2.75) is 30.9 Å². The normalized spacial score (nSPS) is 26.0. The zero-order valence-electron chi connectivity index (χ0n) is 21.4. The summed E-state index contributed by atoms with van der Waals surface area (Å²) in [6.45, 7) is 0. The van der Waals surface area contributed by atoms with Gasteiger partial charge in [-0.2, -0.15) is 0 Å². The lowest BCUT2D eigenvalue weighted by atomic mass is 9.58. The maximum absolute atomic E-state index is 13.7. The molecule has 39 heavy (non-hydrogen) atoms. The number of carbonyl (C=O) groups is 3. The lowest BCUT2D eigenvalue weighted by Crippen LogP contribution is -2.63. The lowest BCUT2D eigenvalue weighted by molar-refractivity contribution is -0.148. The summed E-state index contributed by atoms with van der Waals surface area (Å²) in [5.41, 5.74) is 3.70. The van der Waals surface area contributed by atoms with Crippen molar-refractivity contribution in [2.24, 2.45) is 17.6 Å². The largest absolute Gasteiger partial charge is 0.510 e. The Hall–Kier alpha value is -4.39. The van der Waals surface area contributed by atoms with Crippen molar-refractivity contribution in [3.63, 3.8) is 0 Å². The van der Waals surface area contributed by atoms with Gasteiger partial charge in [-0.1, -0.05) is 42.2 Å². The van der Waals surface area contributed by atoms with Crippen LogP contribution >= 0.6 is 0 Å². The Labute approximate surface area is 224 Å². The molecule has 0 fully saturated rings. The van der Waals surface area contributed by atoms with Crippen LogP contribution in [0.2, 0.25) is 0 Å². The first kappa shape index (κ1) is 26.2. The number of likely N-dealkylation sites (N-methyl/N-ethyl adjacent to an activating group) is 1. The molecular formula is C30H28N2O7. The maximum atomic E-state index is 13.7. The van der Waals surface area contributed by atoms with Crippen LogP contribution in [-0.4, -0.2) is 68.5 Å². The van der Waals surface area contributed by atoms with Gasteiger partial charge in [0.2, 0.25) is 5.78 Å². The highest BCUT2D eigenvalue weighted by Gasteiger charge is 2.63. The lowest BCUT2D eigenvalue weighted by Gasteiger charge is -2.50. The van der Waals surface area contributed by atoms with Crippen molar-refractivity contribution in [3.8, 4) is 17.6 Å². The maximum Gasteiger partial charge on any atom is 0.255 e. The minimum atomic E-state index is -2.66. The molecule has 0 bridgehead atoms. The molecule has 0 aliphatic heterocycles. The van der Waals surface area contributed by atoms with Crippen LogP contribution in [0.3, 0.4) is 0 Å². The number of primary amides is 1. The Morgan fingerprint density at radius 2 is 1.79 bits per heavy atom. The summed E-state index contributed by atoms with van der Waals surface area (Å²) in [6, 6.07) is 11.6. The van der Waals surface area contributed by atoms with Crippen LogP contribution in [0.5, 0.6) is 5.75 Å². The molecule has 2 aromatic rings. The van der Waals surface area contributed by atoms with Gasteiger partial charge in [0.25, 0.3) is 5.91 Å². The number of nitrogens with zero attached hydrogens (tertiary/aromatic N) is 1. The van der Waals surface area contributed by atoms with Crippen LogP contribution < -0.4 is 5.73 Å². The molecule has 0 aromatic heterocycles. The minimum absolute atomic E-state index is 0.0261. The van der Waals surface area contributed by atoms with E-state index in [0.717, 1.165) is 5.56 Å². The molecule has 0 saturated heterocycles. The number of fused-ring (bicyclic) bond motifs is 3. The average molecular weight is 529 g/mol. The minimum Gasteiger partial charge on any atom is -0.510 e. The molecule has 9 nitrogen and oxygen atoms in total. The first-order chi connectivity index (χ1) is 18.5. The zero-order chi connectivity index (χ0) is 28.2. The van der Waals surface area contributed by atoms with Gasteiger partial charge < -0.3 is 26.2 Å². The summed E-state index contributed by atoms with van der Waals surface area (Å²) in [5, 5.41) is 44.5. The van der Waals surface area contributed by atoms with Gasteiger partial charge in [-0.05, 0) is 56.1 Å². The van der Waals surface area contributed by atoms with E-state index in [0.29, 0.717) is 17.5 Å². The number of ketones is 2. The number of Topliss-reactive ketones (excluding diaryl/α,β-unsaturated/α-hetero) is 2. The second-order valence-corrected chi connectivity index (χ2v) is 10.4. The monoisotopic (exact) mass is 528 g/mol. The Balaban J connectivity index is 1.63. The summed E-state index contributed by atoms with van der Waals surface area (Å²) in [6.07, 6.45) is 0.700. The van der Waals surface area contributed by atoms with Gasteiger partial charge in [0.1, 0.15) is 22.8 Å². The fourth-order valence-electron chi connectivity index (χ4n) is 6.21. The third-order valence-electron chi connectivity index (χ3n) is 7.96. The van der Waals surface area contributed by atoms with E-state index in [1.165, 1.54) is 11.0 Å². The van der Waals surface area contributed by atoms with Crippen molar-refractivity contribution in [1.82, 2.24) is 4.90 Å². The molecule has 2 aromatic carbocycles. The molecule has 9 heteroatoms. The summed E-state index contributed by atoms with van der Waals surface area (Å²) in [4.78, 5) is 40.7. The number of aliphatic hydroxyl groups is 3. The van der Waals surface area contributed by atoms with E-state index in [9.17, 15) is 34.8 Å².